The zero-order valence-electron chi connectivity index (χ0n) is 12.8. The molecule has 5 heteroatoms. The third-order valence-corrected chi connectivity index (χ3v) is 4.44. The van der Waals surface area contributed by atoms with Gasteiger partial charge >= 0.3 is 0 Å². The van der Waals surface area contributed by atoms with Crippen molar-refractivity contribution in [2.24, 2.45) is 5.92 Å². The Morgan fingerprint density at radius 3 is 2.75 bits per heavy atom. The summed E-state index contributed by atoms with van der Waals surface area (Å²) in [5.74, 6) is 0.517. The van der Waals surface area contributed by atoms with E-state index in [1.165, 1.54) is 19.3 Å². The number of anilines is 1. The number of hydrogen-bond donors (Lipinski definition) is 2. The van der Waals surface area contributed by atoms with Crippen molar-refractivity contribution in [3.8, 4) is 0 Å². The third kappa shape index (κ3) is 2.81. The smallest absolute Gasteiger partial charge is 0.271 e. The van der Waals surface area contributed by atoms with Crippen LogP contribution in [0, 0.1) is 12.8 Å². The summed E-state index contributed by atoms with van der Waals surface area (Å²) in [7, 11) is 0. The predicted octanol–water partition coefficient (Wildman–Crippen LogP) is 2.49. The van der Waals surface area contributed by atoms with Crippen LogP contribution in [-0.2, 0) is 6.54 Å². The Labute approximate surface area is 120 Å². The first-order valence-electron chi connectivity index (χ1n) is 7.72. The Hall–Kier alpha value is -1.52. The molecule has 1 fully saturated rings. The van der Waals surface area contributed by atoms with Gasteiger partial charge in [-0.05, 0) is 32.6 Å². The van der Waals surface area contributed by atoms with Crippen molar-refractivity contribution >= 4 is 11.6 Å². The van der Waals surface area contributed by atoms with Crippen LogP contribution >= 0.6 is 0 Å². The number of nitrogens with one attached hydrogen (secondary N) is 1. The van der Waals surface area contributed by atoms with Gasteiger partial charge in [0, 0.05) is 12.6 Å². The van der Waals surface area contributed by atoms with Gasteiger partial charge in [0.05, 0.1) is 11.4 Å². The van der Waals surface area contributed by atoms with Gasteiger partial charge < -0.3 is 11.1 Å². The molecule has 1 aromatic rings. The summed E-state index contributed by atoms with van der Waals surface area (Å²) in [6.07, 6.45) is 5.88. The average Bonchev–Trinajstić information content (AvgIpc) is 2.74. The summed E-state index contributed by atoms with van der Waals surface area (Å²) in [6.45, 7) is 6.67. The maximum Gasteiger partial charge on any atom is 0.271 e. The Morgan fingerprint density at radius 1 is 1.40 bits per heavy atom. The van der Waals surface area contributed by atoms with Gasteiger partial charge in [0.2, 0.25) is 0 Å². The zero-order chi connectivity index (χ0) is 14.7. The number of nitrogens with zero attached hydrogens (tertiary/aromatic N) is 2. The van der Waals surface area contributed by atoms with Crippen LogP contribution in [0.25, 0.3) is 0 Å². The van der Waals surface area contributed by atoms with Crippen LogP contribution in [0.4, 0.5) is 5.69 Å². The van der Waals surface area contributed by atoms with Gasteiger partial charge in [-0.2, -0.15) is 5.10 Å². The van der Waals surface area contributed by atoms with E-state index >= 15 is 0 Å². The van der Waals surface area contributed by atoms with E-state index in [0.717, 1.165) is 18.5 Å². The average molecular weight is 278 g/mol. The van der Waals surface area contributed by atoms with Gasteiger partial charge in [0.1, 0.15) is 5.69 Å². The Morgan fingerprint density at radius 2 is 2.10 bits per heavy atom. The maximum atomic E-state index is 12.5. The molecule has 2 atom stereocenters. The summed E-state index contributed by atoms with van der Waals surface area (Å²) in [4.78, 5) is 12.5. The molecule has 0 aliphatic heterocycles. The van der Waals surface area contributed by atoms with Crippen molar-refractivity contribution in [2.45, 2.75) is 65.5 Å². The van der Waals surface area contributed by atoms with Gasteiger partial charge in [-0.3, -0.25) is 9.48 Å². The van der Waals surface area contributed by atoms with E-state index in [-0.39, 0.29) is 11.9 Å². The van der Waals surface area contributed by atoms with E-state index in [0.29, 0.717) is 23.8 Å². The number of nitrogens with two attached hydrogens (primary N) is 1. The van der Waals surface area contributed by atoms with Crippen molar-refractivity contribution in [1.82, 2.24) is 15.1 Å². The van der Waals surface area contributed by atoms with E-state index < -0.39 is 0 Å². The molecule has 3 N–H and O–H groups in total. The van der Waals surface area contributed by atoms with Crippen molar-refractivity contribution < 1.29 is 4.79 Å². The highest BCUT2D eigenvalue weighted by molar-refractivity contribution is 5.98. The quantitative estimate of drug-likeness (QED) is 0.888. The van der Waals surface area contributed by atoms with Crippen LogP contribution < -0.4 is 11.1 Å². The zero-order valence-corrected chi connectivity index (χ0v) is 12.8. The van der Waals surface area contributed by atoms with Crippen LogP contribution in [0.2, 0.25) is 0 Å². The standard InChI is InChI=1S/C15H26N4O/c1-4-11-8-6-7-9-12(11)17-15(20)14-13(16)10(3)18-19(14)5-2/h11-12H,4-9,16H2,1-3H3,(H,17,20). The van der Waals surface area contributed by atoms with E-state index in [1.807, 2.05) is 13.8 Å². The number of hydrogen-bond acceptors (Lipinski definition) is 3. The van der Waals surface area contributed by atoms with Crippen molar-refractivity contribution in [1.29, 1.82) is 0 Å². The van der Waals surface area contributed by atoms with E-state index in [1.54, 1.807) is 4.68 Å². The molecule has 1 aliphatic rings. The molecule has 0 saturated heterocycles. The van der Waals surface area contributed by atoms with E-state index in [4.69, 9.17) is 5.73 Å². The second-order valence-electron chi connectivity index (χ2n) is 5.70. The van der Waals surface area contributed by atoms with Crippen molar-refractivity contribution in [2.75, 3.05) is 5.73 Å². The molecule has 1 aliphatic carbocycles. The lowest BCUT2D eigenvalue weighted by atomic mass is 9.83. The Balaban J connectivity index is 2.15. The van der Waals surface area contributed by atoms with Crippen LogP contribution in [0.3, 0.4) is 0 Å². The highest BCUT2D eigenvalue weighted by atomic mass is 16.2. The molecule has 5 nitrogen and oxygen atoms in total. The summed E-state index contributed by atoms with van der Waals surface area (Å²) >= 11 is 0. The minimum Gasteiger partial charge on any atom is -0.395 e. The molecule has 0 aromatic carbocycles. The first-order chi connectivity index (χ1) is 9.58. The summed E-state index contributed by atoms with van der Waals surface area (Å²) in [5, 5.41) is 7.50. The lowest BCUT2D eigenvalue weighted by Gasteiger charge is -2.31. The lowest BCUT2D eigenvalue weighted by Crippen LogP contribution is -2.42. The number of rotatable bonds is 4. The van der Waals surface area contributed by atoms with Crippen LogP contribution in [-0.4, -0.2) is 21.7 Å². The molecule has 1 aromatic heterocycles. The van der Waals surface area contributed by atoms with Gasteiger partial charge in [-0.25, -0.2) is 0 Å². The second-order valence-corrected chi connectivity index (χ2v) is 5.70. The maximum absolute atomic E-state index is 12.5. The minimum absolute atomic E-state index is 0.0738. The van der Waals surface area contributed by atoms with Crippen molar-refractivity contribution in [3.63, 3.8) is 0 Å². The number of aryl methyl sites for hydroxylation is 2. The topological polar surface area (TPSA) is 72.9 Å². The first-order valence-corrected chi connectivity index (χ1v) is 7.72. The Bertz CT molecular complexity index is 480. The highest BCUT2D eigenvalue weighted by Gasteiger charge is 2.27. The number of carbonyl (C=O) groups excluding carboxylic acids is 1. The van der Waals surface area contributed by atoms with Gasteiger partial charge in [-0.1, -0.05) is 26.2 Å². The Kier molecular flexibility index (Phi) is 4.68. The number of aromatic nitrogens is 2. The fraction of sp³-hybridized carbons (Fsp3) is 0.733. The van der Waals surface area contributed by atoms with E-state index in [9.17, 15) is 4.79 Å². The number of nitrogen functional groups attached to an aromatic ring is 1. The van der Waals surface area contributed by atoms with Gasteiger partial charge in [0.15, 0.2) is 0 Å². The predicted molar refractivity (Wildman–Crippen MR) is 80.6 cm³/mol. The largest absolute Gasteiger partial charge is 0.395 e. The molecule has 1 saturated carbocycles. The van der Waals surface area contributed by atoms with Crippen molar-refractivity contribution in [3.05, 3.63) is 11.4 Å². The van der Waals surface area contributed by atoms with Crippen LogP contribution in [0.1, 0.15) is 62.1 Å². The molecule has 0 radical (unpaired) electrons. The summed E-state index contributed by atoms with van der Waals surface area (Å²) in [5.41, 5.74) is 7.76. The van der Waals surface area contributed by atoms with Gasteiger partial charge in [-0.15, -0.1) is 0 Å². The molecule has 2 unspecified atom stereocenters. The molecule has 0 bridgehead atoms. The SMILES string of the molecule is CCC1CCCCC1NC(=O)c1c(N)c(C)nn1CC. The molecule has 2 rings (SSSR count). The molecule has 1 amide bonds. The molecule has 1 heterocycles. The summed E-state index contributed by atoms with van der Waals surface area (Å²) < 4.78 is 1.70. The second kappa shape index (κ2) is 6.29. The van der Waals surface area contributed by atoms with Gasteiger partial charge in [0.25, 0.3) is 5.91 Å². The summed E-state index contributed by atoms with van der Waals surface area (Å²) in [6, 6.07) is 0.279. The molecule has 0 spiro atoms. The third-order valence-electron chi connectivity index (χ3n) is 4.44. The van der Waals surface area contributed by atoms with E-state index in [2.05, 4.69) is 17.3 Å². The fourth-order valence-corrected chi connectivity index (χ4v) is 3.19. The minimum atomic E-state index is -0.0738. The number of carbonyl (C=O) groups is 1. The molecular formula is C15H26N4O. The molecular weight excluding hydrogens is 252 g/mol. The normalized spacial score (nSPS) is 22.8. The first kappa shape index (κ1) is 14.9. The highest BCUT2D eigenvalue weighted by Crippen LogP contribution is 2.27. The fourth-order valence-electron chi connectivity index (χ4n) is 3.19. The monoisotopic (exact) mass is 278 g/mol. The molecule has 112 valence electrons. The lowest BCUT2D eigenvalue weighted by molar-refractivity contribution is 0.0895. The molecule has 20 heavy (non-hydrogen) atoms. The number of amides is 1. The van der Waals surface area contributed by atoms with Crippen LogP contribution in [0.15, 0.2) is 0 Å². The van der Waals surface area contributed by atoms with Crippen LogP contribution in [0.5, 0.6) is 0 Å².